The molecule has 0 spiro atoms. The first kappa shape index (κ1) is 33.4. The highest BCUT2D eigenvalue weighted by molar-refractivity contribution is 6.21. The molecular formula is C52H42N2. The fraction of sp³-hybridized carbons (Fsp3) is 0.135. The highest BCUT2D eigenvalue weighted by Crippen LogP contribution is 2.45. The summed E-state index contributed by atoms with van der Waals surface area (Å²) in [5.41, 5.74) is 15.2. The first-order valence-corrected chi connectivity index (χ1v) is 18.9. The van der Waals surface area contributed by atoms with Gasteiger partial charge in [0.15, 0.2) is 0 Å². The average Bonchev–Trinajstić information content (AvgIpc) is 3.52. The second-order valence-electron chi connectivity index (χ2n) is 15.3. The zero-order valence-corrected chi connectivity index (χ0v) is 31.5. The predicted octanol–water partition coefficient (Wildman–Crippen LogP) is 14.2. The molecular weight excluding hydrogens is 653 g/mol. The molecule has 0 saturated heterocycles. The Morgan fingerprint density at radius 3 is 1.46 bits per heavy atom. The average molecular weight is 695 g/mol. The SMILES string of the molecule is CCn1c2ccc(-c3ccc(-c4c5ccc(C)cc5c(-c5ccc(-c6ccccc6)cc5)c5ccc(C)cc45)cc3)cc2c2cc(C(C)(C)C#N)ccc21. The number of aromatic nitrogens is 1. The third kappa shape index (κ3) is 5.48. The molecule has 0 bridgehead atoms. The van der Waals surface area contributed by atoms with E-state index in [1.807, 2.05) is 13.8 Å². The van der Waals surface area contributed by atoms with Gasteiger partial charge in [0.2, 0.25) is 0 Å². The van der Waals surface area contributed by atoms with Crippen LogP contribution in [0.25, 0.3) is 87.9 Å². The van der Waals surface area contributed by atoms with Crippen LogP contribution in [0.15, 0.2) is 152 Å². The van der Waals surface area contributed by atoms with Gasteiger partial charge in [-0.1, -0.05) is 139 Å². The van der Waals surface area contributed by atoms with Crippen LogP contribution < -0.4 is 0 Å². The van der Waals surface area contributed by atoms with Crippen LogP contribution in [0.1, 0.15) is 37.5 Å². The molecule has 1 heterocycles. The summed E-state index contributed by atoms with van der Waals surface area (Å²) < 4.78 is 2.38. The number of hydrogen-bond donors (Lipinski definition) is 0. The minimum Gasteiger partial charge on any atom is -0.341 e. The van der Waals surface area contributed by atoms with Crippen molar-refractivity contribution in [2.75, 3.05) is 0 Å². The Bertz CT molecular complexity index is 2940. The molecule has 0 amide bonds. The molecule has 0 aliphatic heterocycles. The maximum atomic E-state index is 9.88. The summed E-state index contributed by atoms with van der Waals surface area (Å²) in [6.07, 6.45) is 0. The van der Waals surface area contributed by atoms with Crippen molar-refractivity contribution in [3.8, 4) is 50.6 Å². The Balaban J connectivity index is 1.19. The molecule has 0 radical (unpaired) electrons. The van der Waals surface area contributed by atoms with Gasteiger partial charge in [0.1, 0.15) is 0 Å². The minimum absolute atomic E-state index is 0.557. The summed E-state index contributed by atoms with van der Waals surface area (Å²) in [6, 6.07) is 58.5. The van der Waals surface area contributed by atoms with Crippen molar-refractivity contribution in [3.05, 3.63) is 168 Å². The molecule has 0 aliphatic rings. The smallest absolute Gasteiger partial charge is 0.0766 e. The number of hydrogen-bond acceptors (Lipinski definition) is 1. The van der Waals surface area contributed by atoms with Gasteiger partial charge in [-0.3, -0.25) is 0 Å². The van der Waals surface area contributed by atoms with Crippen molar-refractivity contribution in [1.29, 1.82) is 5.26 Å². The summed E-state index contributed by atoms with van der Waals surface area (Å²) in [6.45, 7) is 11.4. The number of benzene rings is 8. The lowest BCUT2D eigenvalue weighted by atomic mass is 9.84. The van der Waals surface area contributed by atoms with E-state index in [9.17, 15) is 5.26 Å². The van der Waals surface area contributed by atoms with Gasteiger partial charge in [0.05, 0.1) is 11.5 Å². The molecule has 1 aromatic heterocycles. The first-order chi connectivity index (χ1) is 26.2. The molecule has 0 N–H and O–H groups in total. The Morgan fingerprint density at radius 2 is 0.926 bits per heavy atom. The molecule has 9 aromatic rings. The van der Waals surface area contributed by atoms with Crippen molar-refractivity contribution in [2.45, 2.75) is 46.6 Å². The largest absolute Gasteiger partial charge is 0.341 e. The Labute approximate surface area is 317 Å². The summed E-state index contributed by atoms with van der Waals surface area (Å²) in [5.74, 6) is 0. The molecule has 0 atom stereocenters. The number of nitriles is 1. The van der Waals surface area contributed by atoms with Gasteiger partial charge < -0.3 is 4.57 Å². The van der Waals surface area contributed by atoms with Crippen molar-refractivity contribution >= 4 is 43.4 Å². The zero-order chi connectivity index (χ0) is 37.1. The van der Waals surface area contributed by atoms with E-state index >= 15 is 0 Å². The van der Waals surface area contributed by atoms with Gasteiger partial charge in [-0.25, -0.2) is 0 Å². The van der Waals surface area contributed by atoms with Crippen LogP contribution in [0.4, 0.5) is 0 Å². The molecule has 8 aromatic carbocycles. The summed E-state index contributed by atoms with van der Waals surface area (Å²) >= 11 is 0. The number of nitrogens with zero attached hydrogens (tertiary/aromatic N) is 2. The second kappa shape index (κ2) is 12.9. The van der Waals surface area contributed by atoms with E-state index < -0.39 is 5.41 Å². The highest BCUT2D eigenvalue weighted by atomic mass is 15.0. The van der Waals surface area contributed by atoms with Crippen LogP contribution >= 0.6 is 0 Å². The number of rotatable bonds is 6. The van der Waals surface area contributed by atoms with Gasteiger partial charge in [-0.05, 0) is 131 Å². The van der Waals surface area contributed by atoms with Gasteiger partial charge in [0, 0.05) is 28.4 Å². The fourth-order valence-electron chi connectivity index (χ4n) is 8.44. The first-order valence-electron chi connectivity index (χ1n) is 18.9. The molecule has 260 valence electrons. The molecule has 2 nitrogen and oxygen atoms in total. The minimum atomic E-state index is -0.557. The van der Waals surface area contributed by atoms with Crippen molar-refractivity contribution in [3.63, 3.8) is 0 Å². The molecule has 0 unspecified atom stereocenters. The van der Waals surface area contributed by atoms with E-state index in [-0.39, 0.29) is 0 Å². The van der Waals surface area contributed by atoms with Crippen molar-refractivity contribution in [1.82, 2.24) is 4.57 Å². The van der Waals surface area contributed by atoms with Crippen LogP contribution in [0.2, 0.25) is 0 Å². The topological polar surface area (TPSA) is 28.7 Å². The van der Waals surface area contributed by atoms with Crippen LogP contribution in [0, 0.1) is 25.2 Å². The van der Waals surface area contributed by atoms with Gasteiger partial charge in [-0.2, -0.15) is 5.26 Å². The number of fused-ring (bicyclic) bond motifs is 5. The van der Waals surface area contributed by atoms with Gasteiger partial charge in [-0.15, -0.1) is 0 Å². The van der Waals surface area contributed by atoms with Crippen molar-refractivity contribution in [2.24, 2.45) is 0 Å². The third-order valence-electron chi connectivity index (χ3n) is 11.4. The normalized spacial score (nSPS) is 11.9. The standard InChI is InChI=1S/C52H42N2/c1-6-54-48-26-22-40(30-44(48)45-31-41(23-27-49(45)54)52(4,5)32-53)37-16-20-39(21-17-37)51-43-25-13-33(2)28-46(43)50(42-24-12-34(3)29-47(42)51)38-18-14-36(15-19-38)35-10-8-7-9-11-35/h7-31H,6H2,1-5H3. The molecule has 0 aliphatic carbocycles. The lowest BCUT2D eigenvalue weighted by Crippen LogP contribution is -2.13. The van der Waals surface area contributed by atoms with Crippen LogP contribution in [0.3, 0.4) is 0 Å². The Kier molecular flexibility index (Phi) is 7.98. The highest BCUT2D eigenvalue weighted by Gasteiger charge is 2.22. The van der Waals surface area contributed by atoms with Crippen molar-refractivity contribution < 1.29 is 0 Å². The molecule has 54 heavy (non-hydrogen) atoms. The van der Waals surface area contributed by atoms with E-state index in [1.165, 1.54) is 99.0 Å². The van der Waals surface area contributed by atoms with E-state index in [1.54, 1.807) is 0 Å². The zero-order valence-electron chi connectivity index (χ0n) is 31.5. The maximum Gasteiger partial charge on any atom is 0.0766 e. The molecule has 2 heteroatoms. The molecule has 0 saturated carbocycles. The van der Waals surface area contributed by atoms with Crippen LogP contribution in [0.5, 0.6) is 0 Å². The van der Waals surface area contributed by atoms with E-state index in [2.05, 4.69) is 183 Å². The molecule has 9 rings (SSSR count). The van der Waals surface area contributed by atoms with Gasteiger partial charge >= 0.3 is 0 Å². The second-order valence-corrected chi connectivity index (χ2v) is 15.3. The summed E-state index contributed by atoms with van der Waals surface area (Å²) in [7, 11) is 0. The quantitative estimate of drug-likeness (QED) is 0.159. The monoisotopic (exact) mass is 694 g/mol. The van der Waals surface area contributed by atoms with E-state index in [0.29, 0.717) is 0 Å². The lowest BCUT2D eigenvalue weighted by molar-refractivity contribution is 0.688. The third-order valence-corrected chi connectivity index (χ3v) is 11.4. The van der Waals surface area contributed by atoms with Crippen LogP contribution in [-0.2, 0) is 12.0 Å². The van der Waals surface area contributed by atoms with Crippen LogP contribution in [-0.4, -0.2) is 4.57 Å². The summed E-state index contributed by atoms with van der Waals surface area (Å²) in [4.78, 5) is 0. The van der Waals surface area contributed by atoms with E-state index in [4.69, 9.17) is 0 Å². The predicted molar refractivity (Wildman–Crippen MR) is 230 cm³/mol. The summed E-state index contributed by atoms with van der Waals surface area (Å²) in [5, 5.41) is 17.4. The van der Waals surface area contributed by atoms with Gasteiger partial charge in [0.25, 0.3) is 0 Å². The number of aryl methyl sites for hydroxylation is 3. The maximum absolute atomic E-state index is 9.88. The fourth-order valence-corrected chi connectivity index (χ4v) is 8.44. The molecule has 0 fully saturated rings. The lowest BCUT2D eigenvalue weighted by Gasteiger charge is -2.19. The Hall–Kier alpha value is -6.43. The Morgan fingerprint density at radius 1 is 0.463 bits per heavy atom. The van der Waals surface area contributed by atoms with E-state index in [0.717, 1.165) is 12.1 Å².